The van der Waals surface area contributed by atoms with Gasteiger partial charge in [0.2, 0.25) is 10.0 Å². The van der Waals surface area contributed by atoms with Crippen LogP contribution in [0.1, 0.15) is 10.4 Å². The quantitative estimate of drug-likeness (QED) is 0.768. The van der Waals surface area contributed by atoms with Crippen LogP contribution in [0, 0.1) is 5.82 Å². The van der Waals surface area contributed by atoms with Crippen molar-refractivity contribution in [2.75, 3.05) is 11.1 Å². The first kappa shape index (κ1) is 14.9. The summed E-state index contributed by atoms with van der Waals surface area (Å²) in [6.45, 7) is 0. The van der Waals surface area contributed by atoms with Crippen molar-refractivity contribution in [1.82, 2.24) is 4.98 Å². The Morgan fingerprint density at radius 1 is 1.19 bits per heavy atom. The summed E-state index contributed by atoms with van der Waals surface area (Å²) in [5, 5.41) is 7.36. The zero-order valence-corrected chi connectivity index (χ0v) is 11.4. The highest BCUT2D eigenvalue weighted by atomic mass is 32.2. The fraction of sp³-hybridized carbons (Fsp3) is 0. The van der Waals surface area contributed by atoms with Crippen molar-refractivity contribution in [3.63, 3.8) is 0 Å². The van der Waals surface area contributed by atoms with E-state index in [1.54, 1.807) is 0 Å². The second-order valence-electron chi connectivity index (χ2n) is 4.08. The lowest BCUT2D eigenvalue weighted by Gasteiger charge is -2.07. The third kappa shape index (κ3) is 3.33. The summed E-state index contributed by atoms with van der Waals surface area (Å²) < 4.78 is 35.8. The zero-order chi connectivity index (χ0) is 15.6. The van der Waals surface area contributed by atoms with Gasteiger partial charge in [-0.05, 0) is 30.3 Å². The van der Waals surface area contributed by atoms with Gasteiger partial charge < -0.3 is 11.1 Å². The lowest BCUT2D eigenvalue weighted by Crippen LogP contribution is -2.16. The third-order valence-corrected chi connectivity index (χ3v) is 3.53. The Balaban J connectivity index is 2.22. The first-order valence-electron chi connectivity index (χ1n) is 5.63. The first-order valence-corrected chi connectivity index (χ1v) is 7.18. The van der Waals surface area contributed by atoms with Crippen molar-refractivity contribution in [2.45, 2.75) is 4.90 Å². The Hall–Kier alpha value is -2.52. The lowest BCUT2D eigenvalue weighted by atomic mass is 10.2. The molecule has 0 spiro atoms. The van der Waals surface area contributed by atoms with E-state index in [-0.39, 0.29) is 22.0 Å². The number of carbonyl (C=O) groups is 1. The number of sulfonamides is 1. The van der Waals surface area contributed by atoms with Gasteiger partial charge in [-0.1, -0.05) is 0 Å². The Kier molecular flexibility index (Phi) is 3.87. The molecule has 0 saturated heterocycles. The predicted molar refractivity (Wildman–Crippen MR) is 74.4 cm³/mol. The minimum absolute atomic E-state index is 0.0974. The smallest absolute Gasteiger partial charge is 0.258 e. The molecular weight excluding hydrogens is 299 g/mol. The Labute approximate surface area is 119 Å². The molecule has 0 unspecified atom stereocenters. The van der Waals surface area contributed by atoms with E-state index in [4.69, 9.17) is 10.9 Å². The van der Waals surface area contributed by atoms with Gasteiger partial charge in [-0.2, -0.15) is 0 Å². The summed E-state index contributed by atoms with van der Waals surface area (Å²) in [6, 6.07) is 6.30. The average Bonchev–Trinajstić information content (AvgIpc) is 2.41. The largest absolute Gasteiger partial charge is 0.381 e. The van der Waals surface area contributed by atoms with Gasteiger partial charge >= 0.3 is 0 Å². The lowest BCUT2D eigenvalue weighted by molar-refractivity contribution is 0.102. The fourth-order valence-corrected chi connectivity index (χ4v) is 2.08. The number of nitrogens with zero attached hydrogens (tertiary/aromatic N) is 1. The number of benzene rings is 1. The molecule has 0 atom stereocenters. The molecule has 0 fully saturated rings. The number of anilines is 2. The maximum Gasteiger partial charge on any atom is 0.258 e. The molecule has 0 radical (unpaired) electrons. The van der Waals surface area contributed by atoms with Gasteiger partial charge in [-0.3, -0.25) is 4.79 Å². The van der Waals surface area contributed by atoms with Crippen LogP contribution < -0.4 is 16.2 Å². The van der Waals surface area contributed by atoms with E-state index in [0.717, 1.165) is 0 Å². The third-order valence-electron chi connectivity index (χ3n) is 2.60. The molecule has 0 aliphatic rings. The van der Waals surface area contributed by atoms with Gasteiger partial charge in [0.05, 0.1) is 10.5 Å². The monoisotopic (exact) mass is 310 g/mol. The van der Waals surface area contributed by atoms with Crippen molar-refractivity contribution >= 4 is 27.4 Å². The van der Waals surface area contributed by atoms with Gasteiger partial charge in [0.15, 0.2) is 11.6 Å². The van der Waals surface area contributed by atoms with Gasteiger partial charge in [0.25, 0.3) is 5.91 Å². The van der Waals surface area contributed by atoms with E-state index in [1.165, 1.54) is 36.5 Å². The number of primary sulfonamides is 1. The topological polar surface area (TPSA) is 128 Å². The van der Waals surface area contributed by atoms with Gasteiger partial charge in [-0.25, -0.2) is 22.9 Å². The Bertz CT molecular complexity index is 791. The van der Waals surface area contributed by atoms with E-state index in [9.17, 15) is 17.6 Å². The SMILES string of the molecule is Nc1nccc(C(=O)Nc2ccc(S(N)(=O)=O)cc2)c1F. The number of nitrogens with two attached hydrogens (primary N) is 2. The maximum absolute atomic E-state index is 13.6. The van der Waals surface area contributed by atoms with E-state index in [1.807, 2.05) is 0 Å². The van der Waals surface area contributed by atoms with Crippen molar-refractivity contribution in [1.29, 1.82) is 0 Å². The number of nitrogen functional groups attached to an aromatic ring is 1. The molecule has 21 heavy (non-hydrogen) atoms. The second kappa shape index (κ2) is 5.46. The summed E-state index contributed by atoms with van der Waals surface area (Å²) in [6.07, 6.45) is 1.21. The number of carbonyl (C=O) groups excluding carboxylic acids is 1. The summed E-state index contributed by atoms with van der Waals surface area (Å²) >= 11 is 0. The molecule has 2 rings (SSSR count). The molecule has 0 saturated carbocycles. The molecule has 0 bridgehead atoms. The fourth-order valence-electron chi connectivity index (χ4n) is 1.56. The van der Waals surface area contributed by atoms with Crippen LogP contribution in [-0.4, -0.2) is 19.3 Å². The molecule has 110 valence electrons. The molecule has 1 heterocycles. The number of rotatable bonds is 3. The highest BCUT2D eigenvalue weighted by molar-refractivity contribution is 7.89. The number of aromatic nitrogens is 1. The van der Waals surface area contributed by atoms with Gasteiger partial charge in [-0.15, -0.1) is 0 Å². The normalized spacial score (nSPS) is 11.1. The van der Waals surface area contributed by atoms with Gasteiger partial charge in [0.1, 0.15) is 0 Å². The van der Waals surface area contributed by atoms with E-state index in [0.29, 0.717) is 0 Å². The van der Waals surface area contributed by atoms with E-state index in [2.05, 4.69) is 10.3 Å². The number of nitrogens with one attached hydrogen (secondary N) is 1. The van der Waals surface area contributed by atoms with Crippen LogP contribution in [0.5, 0.6) is 0 Å². The number of hydrogen-bond donors (Lipinski definition) is 3. The molecule has 0 aliphatic carbocycles. The molecule has 7 nitrogen and oxygen atoms in total. The summed E-state index contributed by atoms with van der Waals surface area (Å²) in [5.74, 6) is -2.03. The van der Waals surface area contributed by atoms with Crippen molar-refractivity contribution in [3.05, 3.63) is 47.9 Å². The molecule has 5 N–H and O–H groups in total. The first-order chi connectivity index (χ1) is 9.79. The molecule has 1 aromatic heterocycles. The van der Waals surface area contributed by atoms with Crippen molar-refractivity contribution in [2.24, 2.45) is 5.14 Å². The van der Waals surface area contributed by atoms with Crippen LogP contribution in [0.15, 0.2) is 41.4 Å². The maximum atomic E-state index is 13.6. The summed E-state index contributed by atoms with van der Waals surface area (Å²) in [5.41, 5.74) is 5.29. The van der Waals surface area contributed by atoms with Crippen LogP contribution in [0.4, 0.5) is 15.9 Å². The van der Waals surface area contributed by atoms with Crippen LogP contribution in [-0.2, 0) is 10.0 Å². The summed E-state index contributed by atoms with van der Waals surface area (Å²) in [7, 11) is -3.81. The molecule has 2 aromatic rings. The van der Waals surface area contributed by atoms with Crippen LogP contribution in [0.25, 0.3) is 0 Å². The highest BCUT2D eigenvalue weighted by Crippen LogP contribution is 2.16. The van der Waals surface area contributed by atoms with Crippen LogP contribution in [0.2, 0.25) is 0 Å². The minimum Gasteiger partial charge on any atom is -0.381 e. The number of hydrogen-bond acceptors (Lipinski definition) is 5. The van der Waals surface area contributed by atoms with E-state index >= 15 is 0 Å². The number of amides is 1. The molecule has 9 heteroatoms. The number of pyridine rings is 1. The molecule has 0 aliphatic heterocycles. The van der Waals surface area contributed by atoms with Gasteiger partial charge in [0, 0.05) is 11.9 Å². The van der Waals surface area contributed by atoms with Crippen LogP contribution in [0.3, 0.4) is 0 Å². The number of halogens is 1. The standard InChI is InChI=1S/C12H11FN4O3S/c13-10-9(5-6-16-11(10)14)12(18)17-7-1-3-8(4-2-7)21(15,19)20/h1-6H,(H2,14,16)(H,17,18)(H2,15,19,20). The average molecular weight is 310 g/mol. The molecular formula is C12H11FN4O3S. The van der Waals surface area contributed by atoms with Crippen LogP contribution >= 0.6 is 0 Å². The summed E-state index contributed by atoms with van der Waals surface area (Å²) in [4.78, 5) is 15.3. The van der Waals surface area contributed by atoms with E-state index < -0.39 is 21.7 Å². The Morgan fingerprint density at radius 2 is 1.81 bits per heavy atom. The second-order valence-corrected chi connectivity index (χ2v) is 5.64. The van der Waals surface area contributed by atoms with Crippen molar-refractivity contribution < 1.29 is 17.6 Å². The molecule has 1 amide bonds. The zero-order valence-electron chi connectivity index (χ0n) is 10.6. The molecule has 1 aromatic carbocycles. The predicted octanol–water partition coefficient (Wildman–Crippen LogP) is 0.703. The minimum atomic E-state index is -3.81. The Morgan fingerprint density at radius 3 is 2.38 bits per heavy atom. The van der Waals surface area contributed by atoms with Crippen molar-refractivity contribution in [3.8, 4) is 0 Å². The highest BCUT2D eigenvalue weighted by Gasteiger charge is 2.15.